The van der Waals surface area contributed by atoms with Crippen LogP contribution >= 0.6 is 0 Å². The highest BCUT2D eigenvalue weighted by atomic mass is 16.8. The second-order valence-electron chi connectivity index (χ2n) is 6.03. The molecule has 6 unspecified atom stereocenters. The summed E-state index contributed by atoms with van der Waals surface area (Å²) >= 11 is 0. The minimum absolute atomic E-state index is 0.151. The summed E-state index contributed by atoms with van der Waals surface area (Å²) in [5.74, 6) is 1.54. The first-order valence-electron chi connectivity index (χ1n) is 7.05. The van der Waals surface area contributed by atoms with Crippen LogP contribution in [0.1, 0.15) is 39.5 Å². The molecule has 98 valence electrons. The Morgan fingerprint density at radius 1 is 1.35 bits per heavy atom. The standard InChI is InChI=1S/C14H24O3/c1-4-5-11-8-16-14(17-11)10-6-9(2)12(7-10)13(14)15-3/h9-13H,4-8H2,1-3H3. The van der Waals surface area contributed by atoms with Crippen LogP contribution in [0.5, 0.6) is 0 Å². The van der Waals surface area contributed by atoms with Gasteiger partial charge in [-0.05, 0) is 31.1 Å². The molecule has 3 heteroatoms. The van der Waals surface area contributed by atoms with E-state index in [-0.39, 0.29) is 12.2 Å². The number of hydrogen-bond donors (Lipinski definition) is 0. The van der Waals surface area contributed by atoms with Gasteiger partial charge >= 0.3 is 0 Å². The molecule has 1 aliphatic heterocycles. The van der Waals surface area contributed by atoms with Gasteiger partial charge < -0.3 is 14.2 Å². The van der Waals surface area contributed by atoms with Crippen LogP contribution in [0.2, 0.25) is 0 Å². The van der Waals surface area contributed by atoms with Crippen LogP contribution in [0.25, 0.3) is 0 Å². The summed E-state index contributed by atoms with van der Waals surface area (Å²) in [6.45, 7) is 5.29. The largest absolute Gasteiger partial charge is 0.376 e. The van der Waals surface area contributed by atoms with E-state index in [4.69, 9.17) is 14.2 Å². The van der Waals surface area contributed by atoms with Gasteiger partial charge in [-0.25, -0.2) is 0 Å². The van der Waals surface area contributed by atoms with Crippen LogP contribution in [-0.4, -0.2) is 31.7 Å². The molecular formula is C14H24O3. The molecule has 3 fully saturated rings. The van der Waals surface area contributed by atoms with Gasteiger partial charge in [-0.1, -0.05) is 20.3 Å². The molecule has 0 amide bonds. The van der Waals surface area contributed by atoms with Gasteiger partial charge in [0.05, 0.1) is 12.7 Å². The molecule has 6 atom stereocenters. The van der Waals surface area contributed by atoms with Crippen LogP contribution in [0, 0.1) is 17.8 Å². The zero-order chi connectivity index (χ0) is 12.0. The minimum atomic E-state index is -0.397. The topological polar surface area (TPSA) is 27.7 Å². The lowest BCUT2D eigenvalue weighted by Gasteiger charge is -2.40. The Labute approximate surface area is 104 Å². The lowest BCUT2D eigenvalue weighted by atomic mass is 9.84. The Bertz CT molecular complexity index is 293. The van der Waals surface area contributed by atoms with Crippen molar-refractivity contribution < 1.29 is 14.2 Å². The van der Waals surface area contributed by atoms with Gasteiger partial charge in [0.15, 0.2) is 5.79 Å². The fraction of sp³-hybridized carbons (Fsp3) is 1.00. The summed E-state index contributed by atoms with van der Waals surface area (Å²) < 4.78 is 18.1. The Morgan fingerprint density at radius 3 is 2.88 bits per heavy atom. The maximum Gasteiger partial charge on any atom is 0.198 e. The summed E-state index contributed by atoms with van der Waals surface area (Å²) in [7, 11) is 1.81. The van der Waals surface area contributed by atoms with Gasteiger partial charge in [-0.2, -0.15) is 0 Å². The van der Waals surface area contributed by atoms with E-state index in [0.717, 1.165) is 25.4 Å². The van der Waals surface area contributed by atoms with Gasteiger partial charge in [0.2, 0.25) is 0 Å². The Morgan fingerprint density at radius 2 is 2.18 bits per heavy atom. The quantitative estimate of drug-likeness (QED) is 0.759. The van der Waals surface area contributed by atoms with E-state index >= 15 is 0 Å². The monoisotopic (exact) mass is 240 g/mol. The zero-order valence-corrected chi connectivity index (χ0v) is 11.1. The van der Waals surface area contributed by atoms with Crippen molar-refractivity contribution in [1.29, 1.82) is 0 Å². The first-order chi connectivity index (χ1) is 8.21. The van der Waals surface area contributed by atoms with Crippen molar-refractivity contribution in [2.45, 2.75) is 57.5 Å². The summed E-state index contributed by atoms with van der Waals surface area (Å²) in [6, 6.07) is 0. The summed E-state index contributed by atoms with van der Waals surface area (Å²) in [4.78, 5) is 0. The predicted molar refractivity (Wildman–Crippen MR) is 64.6 cm³/mol. The summed E-state index contributed by atoms with van der Waals surface area (Å²) in [5.41, 5.74) is 0. The van der Waals surface area contributed by atoms with Gasteiger partial charge in [0, 0.05) is 13.0 Å². The van der Waals surface area contributed by atoms with Crippen LogP contribution in [-0.2, 0) is 14.2 Å². The predicted octanol–water partition coefficient (Wildman–Crippen LogP) is 2.59. The maximum atomic E-state index is 6.29. The van der Waals surface area contributed by atoms with Crippen molar-refractivity contribution >= 4 is 0 Å². The van der Waals surface area contributed by atoms with Crippen molar-refractivity contribution in [3.8, 4) is 0 Å². The van der Waals surface area contributed by atoms with E-state index in [2.05, 4.69) is 13.8 Å². The smallest absolute Gasteiger partial charge is 0.198 e. The zero-order valence-electron chi connectivity index (χ0n) is 11.1. The number of hydrogen-bond acceptors (Lipinski definition) is 3. The van der Waals surface area contributed by atoms with E-state index in [0.29, 0.717) is 11.8 Å². The second kappa shape index (κ2) is 4.22. The summed E-state index contributed by atoms with van der Waals surface area (Å²) in [5, 5.41) is 0. The third-order valence-corrected chi connectivity index (χ3v) is 5.01. The van der Waals surface area contributed by atoms with E-state index in [9.17, 15) is 0 Å². The summed E-state index contributed by atoms with van der Waals surface area (Å²) in [6.07, 6.45) is 5.16. The van der Waals surface area contributed by atoms with Crippen molar-refractivity contribution in [3.05, 3.63) is 0 Å². The molecule has 1 saturated heterocycles. The van der Waals surface area contributed by atoms with E-state index < -0.39 is 5.79 Å². The molecule has 17 heavy (non-hydrogen) atoms. The first kappa shape index (κ1) is 11.9. The highest BCUT2D eigenvalue weighted by Crippen LogP contribution is 2.58. The lowest BCUT2D eigenvalue weighted by molar-refractivity contribution is -0.262. The van der Waals surface area contributed by atoms with Crippen LogP contribution in [0.3, 0.4) is 0 Å². The van der Waals surface area contributed by atoms with Crippen LogP contribution < -0.4 is 0 Å². The Balaban J connectivity index is 1.79. The van der Waals surface area contributed by atoms with Crippen LogP contribution in [0.15, 0.2) is 0 Å². The minimum Gasteiger partial charge on any atom is -0.376 e. The number of methoxy groups -OCH3 is 1. The number of fused-ring (bicyclic) bond motifs is 3. The molecule has 0 radical (unpaired) electrons. The molecule has 0 aromatic heterocycles. The van der Waals surface area contributed by atoms with Gasteiger partial charge in [-0.15, -0.1) is 0 Å². The molecule has 0 aromatic carbocycles. The highest BCUT2D eigenvalue weighted by Gasteiger charge is 2.65. The van der Waals surface area contributed by atoms with Gasteiger partial charge in [0.25, 0.3) is 0 Å². The number of rotatable bonds is 3. The van der Waals surface area contributed by atoms with Crippen molar-refractivity contribution in [2.75, 3.05) is 13.7 Å². The highest BCUT2D eigenvalue weighted by molar-refractivity contribution is 5.08. The van der Waals surface area contributed by atoms with Crippen LogP contribution in [0.4, 0.5) is 0 Å². The maximum absolute atomic E-state index is 6.29. The fourth-order valence-electron chi connectivity index (χ4n) is 4.28. The SMILES string of the molecule is CCCC1COC2(O1)C1CC(C)C(C1)C2OC. The number of ether oxygens (including phenoxy) is 3. The Hall–Kier alpha value is -0.120. The third kappa shape index (κ3) is 1.59. The molecule has 0 aromatic rings. The third-order valence-electron chi connectivity index (χ3n) is 5.01. The Kier molecular flexibility index (Phi) is 2.96. The average Bonchev–Trinajstić information content (AvgIpc) is 2.94. The average molecular weight is 240 g/mol. The van der Waals surface area contributed by atoms with E-state index in [1.165, 1.54) is 12.8 Å². The van der Waals surface area contributed by atoms with Gasteiger partial charge in [0.1, 0.15) is 6.10 Å². The van der Waals surface area contributed by atoms with Gasteiger partial charge in [-0.3, -0.25) is 0 Å². The van der Waals surface area contributed by atoms with Crippen molar-refractivity contribution in [1.82, 2.24) is 0 Å². The molecule has 1 spiro atoms. The van der Waals surface area contributed by atoms with Crippen molar-refractivity contribution in [3.63, 3.8) is 0 Å². The molecule has 3 aliphatic rings. The first-order valence-corrected chi connectivity index (χ1v) is 7.05. The van der Waals surface area contributed by atoms with E-state index in [1.807, 2.05) is 0 Å². The lowest BCUT2D eigenvalue weighted by Crippen LogP contribution is -2.51. The van der Waals surface area contributed by atoms with E-state index in [1.54, 1.807) is 7.11 Å². The van der Waals surface area contributed by atoms with Crippen molar-refractivity contribution in [2.24, 2.45) is 17.8 Å². The molecule has 2 bridgehead atoms. The normalized spacial score (nSPS) is 52.8. The fourth-order valence-corrected chi connectivity index (χ4v) is 4.28. The molecule has 3 rings (SSSR count). The molecule has 1 heterocycles. The second-order valence-corrected chi connectivity index (χ2v) is 6.03. The molecule has 2 saturated carbocycles. The molecule has 0 N–H and O–H groups in total. The molecular weight excluding hydrogens is 216 g/mol. The molecule has 2 aliphatic carbocycles. The molecule has 3 nitrogen and oxygen atoms in total.